The number of rotatable bonds is 6. The summed E-state index contributed by atoms with van der Waals surface area (Å²) in [5.74, 6) is -0.962. The van der Waals surface area contributed by atoms with Crippen LogP contribution < -0.4 is 16.0 Å². The zero-order chi connectivity index (χ0) is 26.0. The van der Waals surface area contributed by atoms with Crippen molar-refractivity contribution < 1.29 is 14.0 Å². The van der Waals surface area contributed by atoms with Crippen molar-refractivity contribution in [2.75, 3.05) is 11.4 Å². The van der Waals surface area contributed by atoms with E-state index in [-0.39, 0.29) is 17.5 Å². The van der Waals surface area contributed by atoms with Gasteiger partial charge in [0, 0.05) is 19.0 Å². The van der Waals surface area contributed by atoms with Crippen molar-refractivity contribution in [1.82, 2.24) is 5.32 Å². The van der Waals surface area contributed by atoms with Crippen molar-refractivity contribution in [3.8, 4) is 0 Å². The van der Waals surface area contributed by atoms with E-state index in [1.165, 1.54) is 23.5 Å². The second kappa shape index (κ2) is 10.6. The third kappa shape index (κ3) is 5.49. The molecule has 0 spiro atoms. The van der Waals surface area contributed by atoms with Crippen LogP contribution in [0, 0.1) is 26.6 Å². The molecule has 5 nitrogen and oxygen atoms in total. The number of fused-ring (bicyclic) bond motifs is 1. The van der Waals surface area contributed by atoms with E-state index >= 15 is 4.39 Å². The van der Waals surface area contributed by atoms with Gasteiger partial charge in [-0.05, 0) is 73.9 Å². The molecule has 1 aliphatic heterocycles. The molecule has 0 aromatic heterocycles. The smallest absolute Gasteiger partial charge is 0.237 e. The van der Waals surface area contributed by atoms with Gasteiger partial charge in [-0.2, -0.15) is 0 Å². The number of carbonyl (C=O) groups excluding carboxylic acids is 2. The Kier molecular flexibility index (Phi) is 7.55. The topological polar surface area (TPSA) is 75.4 Å². The lowest BCUT2D eigenvalue weighted by Crippen LogP contribution is -2.46. The first-order valence-corrected chi connectivity index (χ1v) is 12.4. The maximum absolute atomic E-state index is 15.4. The van der Waals surface area contributed by atoms with E-state index in [4.69, 9.17) is 5.73 Å². The van der Waals surface area contributed by atoms with Gasteiger partial charge in [0.25, 0.3) is 0 Å². The van der Waals surface area contributed by atoms with E-state index in [1.54, 1.807) is 0 Å². The van der Waals surface area contributed by atoms with Crippen molar-refractivity contribution in [3.05, 3.63) is 99.4 Å². The number of nitrogens with zero attached hydrogens (tertiary/aromatic N) is 1. The summed E-state index contributed by atoms with van der Waals surface area (Å²) in [5.41, 5.74) is 13.5. The van der Waals surface area contributed by atoms with Crippen molar-refractivity contribution in [1.29, 1.82) is 0 Å². The molecule has 188 valence electrons. The second-order valence-corrected chi connectivity index (χ2v) is 9.89. The van der Waals surface area contributed by atoms with Crippen molar-refractivity contribution in [3.63, 3.8) is 0 Å². The summed E-state index contributed by atoms with van der Waals surface area (Å²) >= 11 is 0. The number of hydrogen-bond acceptors (Lipinski definition) is 3. The van der Waals surface area contributed by atoms with Crippen LogP contribution in [0.5, 0.6) is 0 Å². The van der Waals surface area contributed by atoms with Crippen LogP contribution in [0.25, 0.3) is 0 Å². The Morgan fingerprint density at radius 2 is 1.72 bits per heavy atom. The molecular weight excluding hydrogens is 453 g/mol. The molecule has 3 aromatic rings. The first kappa shape index (κ1) is 25.6. The first-order valence-electron chi connectivity index (χ1n) is 12.4. The highest BCUT2D eigenvalue weighted by molar-refractivity contribution is 5.93. The second-order valence-electron chi connectivity index (χ2n) is 9.89. The molecule has 1 heterocycles. The van der Waals surface area contributed by atoms with Crippen LogP contribution in [-0.2, 0) is 22.4 Å². The maximum Gasteiger partial charge on any atom is 0.237 e. The number of anilines is 1. The van der Waals surface area contributed by atoms with E-state index < -0.39 is 17.9 Å². The Bertz CT molecular complexity index is 1270. The van der Waals surface area contributed by atoms with E-state index in [2.05, 4.69) is 17.4 Å². The minimum atomic E-state index is -0.739. The zero-order valence-corrected chi connectivity index (χ0v) is 21.4. The molecule has 0 saturated heterocycles. The van der Waals surface area contributed by atoms with Gasteiger partial charge in [0.2, 0.25) is 11.8 Å². The largest absolute Gasteiger partial charge is 0.348 e. The minimum Gasteiger partial charge on any atom is -0.348 e. The van der Waals surface area contributed by atoms with Gasteiger partial charge >= 0.3 is 0 Å². The minimum absolute atomic E-state index is 0.224. The van der Waals surface area contributed by atoms with Gasteiger partial charge in [0.05, 0.1) is 17.8 Å². The number of aryl methyl sites for hydroxylation is 3. The zero-order valence-electron chi connectivity index (χ0n) is 21.4. The summed E-state index contributed by atoms with van der Waals surface area (Å²) < 4.78 is 15.4. The van der Waals surface area contributed by atoms with Crippen LogP contribution in [0.2, 0.25) is 0 Å². The molecule has 0 unspecified atom stereocenters. The summed E-state index contributed by atoms with van der Waals surface area (Å²) in [6.07, 6.45) is 1.46. The fraction of sp³-hybridized carbons (Fsp3) is 0.333. The summed E-state index contributed by atoms with van der Waals surface area (Å²) in [7, 11) is 0. The van der Waals surface area contributed by atoms with Gasteiger partial charge in [0.15, 0.2) is 0 Å². The summed E-state index contributed by atoms with van der Waals surface area (Å²) in [5, 5.41) is 3.05. The van der Waals surface area contributed by atoms with E-state index in [9.17, 15) is 9.59 Å². The lowest BCUT2D eigenvalue weighted by molar-refractivity contribution is -0.123. The van der Waals surface area contributed by atoms with Gasteiger partial charge in [-0.3, -0.25) is 9.59 Å². The predicted molar refractivity (Wildman–Crippen MR) is 142 cm³/mol. The highest BCUT2D eigenvalue weighted by Gasteiger charge is 2.32. The van der Waals surface area contributed by atoms with E-state index in [1.807, 2.05) is 57.2 Å². The van der Waals surface area contributed by atoms with Crippen LogP contribution in [-0.4, -0.2) is 24.4 Å². The van der Waals surface area contributed by atoms with Gasteiger partial charge < -0.3 is 16.0 Å². The maximum atomic E-state index is 15.4. The lowest BCUT2D eigenvalue weighted by atomic mass is 9.91. The van der Waals surface area contributed by atoms with Crippen molar-refractivity contribution in [2.45, 2.75) is 59.0 Å². The Hall–Kier alpha value is -3.51. The average Bonchev–Trinajstić information content (AvgIpc) is 2.82. The molecule has 36 heavy (non-hydrogen) atoms. The normalized spacial score (nSPS) is 15.8. The molecule has 0 radical (unpaired) electrons. The fourth-order valence-corrected chi connectivity index (χ4v) is 5.28. The Labute approximate surface area is 212 Å². The SMILES string of the molecule is CC(=O)N1CC[C@@H](NC(=O)[C@@H](N)Cc2c(C)cc(C)cc2C)c2cc(Cc3ccccc3)cc(F)c21. The number of halogens is 1. The molecule has 0 aliphatic carbocycles. The lowest BCUT2D eigenvalue weighted by Gasteiger charge is -2.35. The molecular formula is C30H34FN3O2. The van der Waals surface area contributed by atoms with E-state index in [0.717, 1.165) is 27.8 Å². The molecule has 3 aromatic carbocycles. The number of carbonyl (C=O) groups is 2. The number of hydrogen-bond donors (Lipinski definition) is 2. The molecule has 2 atom stereocenters. The van der Waals surface area contributed by atoms with Gasteiger partial charge in [-0.25, -0.2) is 4.39 Å². The monoisotopic (exact) mass is 487 g/mol. The standard InChI is InChI=1S/C30H34FN3O2/c1-18-12-19(2)24(20(3)13-18)17-27(32)30(36)33-28-10-11-34(21(4)35)29-25(28)15-23(16-26(29)31)14-22-8-6-5-7-9-22/h5-9,12-13,15-16,27-28H,10-11,14,17,32H2,1-4H3,(H,33,36)/t27-,28+/m0/s1. The Balaban J connectivity index is 1.60. The van der Waals surface area contributed by atoms with Crippen LogP contribution in [0.15, 0.2) is 54.6 Å². The van der Waals surface area contributed by atoms with Crippen LogP contribution in [0.4, 0.5) is 10.1 Å². The fourth-order valence-electron chi connectivity index (χ4n) is 5.28. The number of nitrogens with two attached hydrogens (primary N) is 1. The number of benzene rings is 3. The third-order valence-corrected chi connectivity index (χ3v) is 6.99. The Morgan fingerprint density at radius 3 is 2.36 bits per heavy atom. The predicted octanol–water partition coefficient (Wildman–Crippen LogP) is 4.83. The summed E-state index contributed by atoms with van der Waals surface area (Å²) in [6, 6.07) is 16.2. The van der Waals surface area contributed by atoms with Crippen molar-refractivity contribution in [2.24, 2.45) is 5.73 Å². The molecule has 4 rings (SSSR count). The molecule has 2 amide bonds. The first-order chi connectivity index (χ1) is 17.1. The highest BCUT2D eigenvalue weighted by Crippen LogP contribution is 2.37. The van der Waals surface area contributed by atoms with Crippen LogP contribution in [0.3, 0.4) is 0 Å². The van der Waals surface area contributed by atoms with Crippen LogP contribution >= 0.6 is 0 Å². The quantitative estimate of drug-likeness (QED) is 0.523. The number of nitrogens with one attached hydrogen (secondary N) is 1. The molecule has 3 N–H and O–H groups in total. The van der Waals surface area contributed by atoms with E-state index in [0.29, 0.717) is 31.4 Å². The molecule has 0 saturated carbocycles. The summed E-state index contributed by atoms with van der Waals surface area (Å²) in [4.78, 5) is 26.9. The van der Waals surface area contributed by atoms with Crippen LogP contribution in [0.1, 0.15) is 58.3 Å². The van der Waals surface area contributed by atoms with Crippen molar-refractivity contribution >= 4 is 17.5 Å². The molecule has 0 bridgehead atoms. The summed E-state index contributed by atoms with van der Waals surface area (Å²) in [6.45, 7) is 7.87. The molecule has 1 aliphatic rings. The third-order valence-electron chi connectivity index (χ3n) is 6.99. The molecule has 0 fully saturated rings. The average molecular weight is 488 g/mol. The van der Waals surface area contributed by atoms with Gasteiger partial charge in [-0.1, -0.05) is 54.1 Å². The van der Waals surface area contributed by atoms with Gasteiger partial charge in [-0.15, -0.1) is 0 Å². The molecule has 6 heteroatoms. The van der Waals surface area contributed by atoms with Gasteiger partial charge in [0.1, 0.15) is 5.82 Å². The Morgan fingerprint density at radius 1 is 1.06 bits per heavy atom. The highest BCUT2D eigenvalue weighted by atomic mass is 19.1. The number of amides is 2.